The van der Waals surface area contributed by atoms with Crippen molar-refractivity contribution in [2.24, 2.45) is 0 Å². The highest BCUT2D eigenvalue weighted by molar-refractivity contribution is 5.94. The standard InChI is InChI=1S/C16H24N4O3/c1-19(2)13-5-3-12(4-6-13)18-15(21)11-14(16(22)23)20-9-7-17-8-10-20/h3-6,14,17H,7-11H2,1-2H3,(H,18,21)(H,22,23). The number of aliphatic carboxylic acids is 1. The van der Waals surface area contributed by atoms with Crippen molar-refractivity contribution >= 4 is 23.3 Å². The van der Waals surface area contributed by atoms with Crippen LogP contribution in [0.2, 0.25) is 0 Å². The zero-order valence-electron chi connectivity index (χ0n) is 13.6. The molecular formula is C16H24N4O3. The third kappa shape index (κ3) is 4.94. The minimum atomic E-state index is -0.954. The van der Waals surface area contributed by atoms with E-state index in [1.165, 1.54) is 0 Å². The van der Waals surface area contributed by atoms with Crippen LogP contribution in [-0.4, -0.2) is 68.2 Å². The van der Waals surface area contributed by atoms with Crippen molar-refractivity contribution in [1.82, 2.24) is 10.2 Å². The molecule has 0 bridgehead atoms. The van der Waals surface area contributed by atoms with Crippen molar-refractivity contribution in [3.8, 4) is 0 Å². The summed E-state index contributed by atoms with van der Waals surface area (Å²) in [7, 11) is 3.89. The van der Waals surface area contributed by atoms with E-state index in [-0.39, 0.29) is 12.3 Å². The van der Waals surface area contributed by atoms with Crippen LogP contribution in [0, 0.1) is 0 Å². The number of anilines is 2. The van der Waals surface area contributed by atoms with Gasteiger partial charge in [-0.15, -0.1) is 0 Å². The van der Waals surface area contributed by atoms with Gasteiger partial charge in [0.05, 0.1) is 6.42 Å². The lowest BCUT2D eigenvalue weighted by Gasteiger charge is -2.32. The zero-order chi connectivity index (χ0) is 16.8. The van der Waals surface area contributed by atoms with Crippen LogP contribution in [0.1, 0.15) is 6.42 Å². The molecule has 1 aromatic carbocycles. The Hall–Kier alpha value is -2.12. The predicted octanol–water partition coefficient (Wildman–Crippen LogP) is 0.440. The number of hydrogen-bond acceptors (Lipinski definition) is 5. The summed E-state index contributed by atoms with van der Waals surface area (Å²) in [5.74, 6) is -1.24. The SMILES string of the molecule is CN(C)c1ccc(NC(=O)CC(C(=O)O)N2CCNCC2)cc1. The quantitative estimate of drug-likeness (QED) is 0.705. The van der Waals surface area contributed by atoms with Gasteiger partial charge in [0.1, 0.15) is 6.04 Å². The first kappa shape index (κ1) is 17.2. The second kappa shape index (κ2) is 7.94. The molecule has 0 spiro atoms. The first-order valence-corrected chi connectivity index (χ1v) is 7.72. The van der Waals surface area contributed by atoms with E-state index in [1.54, 1.807) is 0 Å². The van der Waals surface area contributed by atoms with Crippen LogP contribution in [0.5, 0.6) is 0 Å². The number of carbonyl (C=O) groups is 2. The lowest BCUT2D eigenvalue weighted by atomic mass is 10.1. The van der Waals surface area contributed by atoms with Gasteiger partial charge in [-0.3, -0.25) is 14.5 Å². The summed E-state index contributed by atoms with van der Waals surface area (Å²) in [5.41, 5.74) is 1.71. The Labute approximate surface area is 136 Å². The van der Waals surface area contributed by atoms with E-state index in [4.69, 9.17) is 0 Å². The molecule has 2 rings (SSSR count). The molecule has 1 unspecified atom stereocenters. The van der Waals surface area contributed by atoms with Gasteiger partial charge in [-0.1, -0.05) is 0 Å². The van der Waals surface area contributed by atoms with E-state index in [1.807, 2.05) is 48.2 Å². The molecule has 1 saturated heterocycles. The topological polar surface area (TPSA) is 84.9 Å². The van der Waals surface area contributed by atoms with E-state index in [0.29, 0.717) is 18.8 Å². The van der Waals surface area contributed by atoms with Crippen LogP contribution >= 0.6 is 0 Å². The maximum absolute atomic E-state index is 12.2. The molecule has 0 saturated carbocycles. The summed E-state index contributed by atoms with van der Waals surface area (Å²) in [5, 5.41) is 15.3. The van der Waals surface area contributed by atoms with E-state index < -0.39 is 12.0 Å². The summed E-state index contributed by atoms with van der Waals surface area (Å²) in [6.07, 6.45) is -0.0508. The normalized spacial score (nSPS) is 16.6. The molecule has 1 heterocycles. The molecule has 1 atom stereocenters. The molecule has 1 amide bonds. The molecule has 7 heteroatoms. The largest absolute Gasteiger partial charge is 0.480 e. The third-order valence-corrected chi connectivity index (χ3v) is 3.92. The Kier molecular flexibility index (Phi) is 5.95. The van der Waals surface area contributed by atoms with Crippen LogP contribution in [-0.2, 0) is 9.59 Å². The van der Waals surface area contributed by atoms with Gasteiger partial charge in [0.25, 0.3) is 0 Å². The van der Waals surface area contributed by atoms with Crippen LogP contribution < -0.4 is 15.5 Å². The number of rotatable bonds is 6. The second-order valence-corrected chi connectivity index (χ2v) is 5.83. The van der Waals surface area contributed by atoms with Gasteiger partial charge in [-0.05, 0) is 24.3 Å². The molecule has 0 aliphatic carbocycles. The Balaban J connectivity index is 1.94. The summed E-state index contributed by atoms with van der Waals surface area (Å²) < 4.78 is 0. The van der Waals surface area contributed by atoms with Crippen molar-refractivity contribution in [3.63, 3.8) is 0 Å². The number of hydrogen-bond donors (Lipinski definition) is 3. The second-order valence-electron chi connectivity index (χ2n) is 5.83. The Bertz CT molecular complexity index is 539. The van der Waals surface area contributed by atoms with Crippen LogP contribution in [0.15, 0.2) is 24.3 Å². The van der Waals surface area contributed by atoms with Gasteiger partial charge in [0.15, 0.2) is 0 Å². The molecule has 3 N–H and O–H groups in total. The average Bonchev–Trinajstić information content (AvgIpc) is 2.53. The van der Waals surface area contributed by atoms with E-state index in [9.17, 15) is 14.7 Å². The van der Waals surface area contributed by atoms with Gasteiger partial charge >= 0.3 is 5.97 Å². The number of piperazine rings is 1. The predicted molar refractivity (Wildman–Crippen MR) is 89.9 cm³/mol. The molecule has 1 aromatic rings. The number of amides is 1. The fourth-order valence-corrected chi connectivity index (χ4v) is 2.60. The number of benzene rings is 1. The fourth-order valence-electron chi connectivity index (χ4n) is 2.60. The minimum absolute atomic E-state index is 0.0508. The summed E-state index contributed by atoms with van der Waals surface area (Å²) >= 11 is 0. The van der Waals surface area contributed by atoms with Crippen molar-refractivity contribution in [2.75, 3.05) is 50.5 Å². The first-order chi connectivity index (χ1) is 11.0. The van der Waals surface area contributed by atoms with Gasteiger partial charge in [-0.2, -0.15) is 0 Å². The summed E-state index contributed by atoms with van der Waals surface area (Å²) in [6, 6.07) is 6.65. The van der Waals surface area contributed by atoms with E-state index >= 15 is 0 Å². The Morgan fingerprint density at radius 3 is 2.39 bits per heavy atom. The monoisotopic (exact) mass is 320 g/mol. The lowest BCUT2D eigenvalue weighted by Crippen LogP contribution is -2.52. The van der Waals surface area contributed by atoms with Gasteiger partial charge < -0.3 is 20.6 Å². The van der Waals surface area contributed by atoms with E-state index in [0.717, 1.165) is 18.8 Å². The maximum atomic E-state index is 12.2. The van der Waals surface area contributed by atoms with Gasteiger partial charge in [0.2, 0.25) is 5.91 Å². The molecule has 0 radical (unpaired) electrons. The molecule has 0 aromatic heterocycles. The number of carboxylic acid groups (broad SMARTS) is 1. The first-order valence-electron chi connectivity index (χ1n) is 7.72. The Morgan fingerprint density at radius 1 is 1.26 bits per heavy atom. The maximum Gasteiger partial charge on any atom is 0.321 e. The van der Waals surface area contributed by atoms with E-state index in [2.05, 4.69) is 10.6 Å². The highest BCUT2D eigenvalue weighted by Crippen LogP contribution is 2.16. The smallest absolute Gasteiger partial charge is 0.321 e. The number of carbonyl (C=O) groups excluding carboxylic acids is 1. The molecule has 23 heavy (non-hydrogen) atoms. The number of carboxylic acids is 1. The van der Waals surface area contributed by atoms with Gasteiger partial charge in [0, 0.05) is 51.6 Å². The number of nitrogens with zero attached hydrogens (tertiary/aromatic N) is 2. The molecule has 1 aliphatic heterocycles. The van der Waals surface area contributed by atoms with Crippen LogP contribution in [0.4, 0.5) is 11.4 Å². The van der Waals surface area contributed by atoms with Crippen molar-refractivity contribution in [1.29, 1.82) is 0 Å². The zero-order valence-corrected chi connectivity index (χ0v) is 13.6. The molecule has 1 fully saturated rings. The van der Waals surface area contributed by atoms with Crippen LogP contribution in [0.3, 0.4) is 0 Å². The average molecular weight is 320 g/mol. The third-order valence-electron chi connectivity index (χ3n) is 3.92. The van der Waals surface area contributed by atoms with Crippen molar-refractivity contribution < 1.29 is 14.7 Å². The van der Waals surface area contributed by atoms with Crippen molar-refractivity contribution in [3.05, 3.63) is 24.3 Å². The highest BCUT2D eigenvalue weighted by Gasteiger charge is 2.29. The molecule has 1 aliphatic rings. The Morgan fingerprint density at radius 2 is 1.87 bits per heavy atom. The molecular weight excluding hydrogens is 296 g/mol. The minimum Gasteiger partial charge on any atom is -0.480 e. The highest BCUT2D eigenvalue weighted by atomic mass is 16.4. The number of nitrogens with one attached hydrogen (secondary N) is 2. The summed E-state index contributed by atoms with van der Waals surface area (Å²) in [4.78, 5) is 27.4. The fraction of sp³-hybridized carbons (Fsp3) is 0.500. The van der Waals surface area contributed by atoms with Gasteiger partial charge in [-0.25, -0.2) is 0 Å². The van der Waals surface area contributed by atoms with Crippen LogP contribution in [0.25, 0.3) is 0 Å². The molecule has 7 nitrogen and oxygen atoms in total. The molecule has 126 valence electrons. The lowest BCUT2D eigenvalue weighted by molar-refractivity contribution is -0.145. The summed E-state index contributed by atoms with van der Waals surface area (Å²) in [6.45, 7) is 2.78. The van der Waals surface area contributed by atoms with Crippen molar-refractivity contribution in [2.45, 2.75) is 12.5 Å².